The summed E-state index contributed by atoms with van der Waals surface area (Å²) >= 11 is 3.06. The van der Waals surface area contributed by atoms with E-state index in [0.29, 0.717) is 15.7 Å². The SMILES string of the molecule is Cc1cc(Br)c(F)cc1NC(=O)Cn1cccc1C(=O)O. The molecule has 0 aliphatic carbocycles. The van der Waals surface area contributed by atoms with E-state index in [2.05, 4.69) is 21.2 Å². The Morgan fingerprint density at radius 3 is 2.81 bits per heavy atom. The van der Waals surface area contributed by atoms with Crippen molar-refractivity contribution in [3.8, 4) is 0 Å². The van der Waals surface area contributed by atoms with Crippen molar-refractivity contribution < 1.29 is 19.1 Å². The summed E-state index contributed by atoms with van der Waals surface area (Å²) in [6, 6.07) is 5.72. The Hall–Kier alpha value is -2.15. The molecule has 0 saturated carbocycles. The van der Waals surface area contributed by atoms with Crippen molar-refractivity contribution in [3.63, 3.8) is 0 Å². The third-order valence-electron chi connectivity index (χ3n) is 2.90. The summed E-state index contributed by atoms with van der Waals surface area (Å²) in [6.07, 6.45) is 1.50. The lowest BCUT2D eigenvalue weighted by atomic mass is 10.2. The van der Waals surface area contributed by atoms with Gasteiger partial charge in [-0.25, -0.2) is 9.18 Å². The van der Waals surface area contributed by atoms with E-state index < -0.39 is 17.7 Å². The summed E-state index contributed by atoms with van der Waals surface area (Å²) in [6.45, 7) is 1.57. The van der Waals surface area contributed by atoms with E-state index in [1.807, 2.05) is 0 Å². The maximum Gasteiger partial charge on any atom is 0.352 e. The fraction of sp³-hybridized carbons (Fsp3) is 0.143. The van der Waals surface area contributed by atoms with Gasteiger partial charge in [-0.15, -0.1) is 0 Å². The molecule has 0 aliphatic rings. The number of benzene rings is 1. The first kappa shape index (κ1) is 15.2. The van der Waals surface area contributed by atoms with Crippen LogP contribution in [0.1, 0.15) is 16.1 Å². The number of carboxylic acids is 1. The molecule has 0 unspecified atom stereocenters. The lowest BCUT2D eigenvalue weighted by Gasteiger charge is -2.11. The van der Waals surface area contributed by atoms with Crippen LogP contribution in [0.2, 0.25) is 0 Å². The van der Waals surface area contributed by atoms with E-state index in [-0.39, 0.29) is 12.2 Å². The first-order valence-electron chi connectivity index (χ1n) is 6.02. The highest BCUT2D eigenvalue weighted by Gasteiger charge is 2.13. The maximum absolute atomic E-state index is 13.5. The number of nitrogens with one attached hydrogen (secondary N) is 1. The van der Waals surface area contributed by atoms with Gasteiger partial charge in [0.1, 0.15) is 18.1 Å². The van der Waals surface area contributed by atoms with Gasteiger partial charge in [0, 0.05) is 11.9 Å². The van der Waals surface area contributed by atoms with Crippen LogP contribution in [0.3, 0.4) is 0 Å². The molecule has 2 N–H and O–H groups in total. The van der Waals surface area contributed by atoms with Crippen molar-refractivity contribution in [2.24, 2.45) is 0 Å². The van der Waals surface area contributed by atoms with E-state index >= 15 is 0 Å². The van der Waals surface area contributed by atoms with Crippen LogP contribution >= 0.6 is 15.9 Å². The number of amides is 1. The Morgan fingerprint density at radius 1 is 1.43 bits per heavy atom. The van der Waals surface area contributed by atoms with E-state index in [4.69, 9.17) is 5.11 Å². The van der Waals surface area contributed by atoms with Crippen molar-refractivity contribution in [1.82, 2.24) is 4.57 Å². The lowest BCUT2D eigenvalue weighted by Crippen LogP contribution is -2.21. The molecule has 2 aromatic rings. The van der Waals surface area contributed by atoms with Crippen molar-refractivity contribution in [3.05, 3.63) is 52.0 Å². The molecule has 1 amide bonds. The molecule has 0 spiro atoms. The molecule has 0 atom stereocenters. The molecule has 2 rings (SSSR count). The summed E-state index contributed by atoms with van der Waals surface area (Å²) in [4.78, 5) is 22.9. The van der Waals surface area contributed by atoms with Crippen molar-refractivity contribution in [2.45, 2.75) is 13.5 Å². The van der Waals surface area contributed by atoms with Crippen LogP contribution < -0.4 is 5.32 Å². The molecule has 21 heavy (non-hydrogen) atoms. The minimum absolute atomic E-state index is 0.0175. The Balaban J connectivity index is 2.14. The number of carbonyl (C=O) groups excluding carboxylic acids is 1. The fourth-order valence-corrected chi connectivity index (χ4v) is 2.33. The zero-order chi connectivity index (χ0) is 15.6. The van der Waals surface area contributed by atoms with Crippen LogP contribution in [0, 0.1) is 12.7 Å². The van der Waals surface area contributed by atoms with Crippen molar-refractivity contribution in [2.75, 3.05) is 5.32 Å². The first-order chi connectivity index (χ1) is 9.88. The topological polar surface area (TPSA) is 71.3 Å². The monoisotopic (exact) mass is 354 g/mol. The van der Waals surface area contributed by atoms with Crippen molar-refractivity contribution >= 4 is 33.5 Å². The largest absolute Gasteiger partial charge is 0.477 e. The zero-order valence-corrected chi connectivity index (χ0v) is 12.6. The Kier molecular flexibility index (Phi) is 4.42. The van der Waals surface area contributed by atoms with Crippen LogP contribution in [0.25, 0.3) is 0 Å². The van der Waals surface area contributed by atoms with Gasteiger partial charge in [0.05, 0.1) is 4.47 Å². The number of carboxylic acid groups (broad SMARTS) is 1. The molecule has 1 aromatic heterocycles. The third-order valence-corrected chi connectivity index (χ3v) is 3.51. The highest BCUT2D eigenvalue weighted by atomic mass is 79.9. The number of carbonyl (C=O) groups is 2. The fourth-order valence-electron chi connectivity index (χ4n) is 1.87. The summed E-state index contributed by atoms with van der Waals surface area (Å²) in [5.74, 6) is -2.03. The minimum atomic E-state index is -1.11. The summed E-state index contributed by atoms with van der Waals surface area (Å²) < 4.78 is 15.1. The third kappa shape index (κ3) is 3.49. The highest BCUT2D eigenvalue weighted by Crippen LogP contribution is 2.24. The minimum Gasteiger partial charge on any atom is -0.477 e. The molecule has 0 bridgehead atoms. The molecular formula is C14H12BrFN2O3. The molecule has 110 valence electrons. The maximum atomic E-state index is 13.5. The van der Waals surface area contributed by atoms with Gasteiger partial charge in [0.25, 0.3) is 0 Å². The van der Waals surface area contributed by atoms with E-state index in [1.54, 1.807) is 19.1 Å². The molecule has 1 aromatic carbocycles. The van der Waals surface area contributed by atoms with Crippen LogP contribution in [0.4, 0.5) is 10.1 Å². The normalized spacial score (nSPS) is 10.4. The van der Waals surface area contributed by atoms with Gasteiger partial charge in [0.15, 0.2) is 0 Å². The molecule has 0 radical (unpaired) electrons. The number of aromatic carboxylic acids is 1. The molecular weight excluding hydrogens is 343 g/mol. The number of nitrogens with zero attached hydrogens (tertiary/aromatic N) is 1. The summed E-state index contributed by atoms with van der Waals surface area (Å²) in [5.41, 5.74) is 1.07. The number of rotatable bonds is 4. The number of hydrogen-bond donors (Lipinski definition) is 2. The quantitative estimate of drug-likeness (QED) is 0.886. The van der Waals surface area contributed by atoms with Crippen LogP contribution in [-0.2, 0) is 11.3 Å². The smallest absolute Gasteiger partial charge is 0.352 e. The van der Waals surface area contributed by atoms with Gasteiger partial charge in [-0.05, 0) is 52.7 Å². The Labute approximate surface area is 128 Å². The number of anilines is 1. The molecule has 5 nitrogen and oxygen atoms in total. The number of aromatic nitrogens is 1. The lowest BCUT2D eigenvalue weighted by molar-refractivity contribution is -0.116. The van der Waals surface area contributed by atoms with Crippen LogP contribution in [0.15, 0.2) is 34.9 Å². The Bertz CT molecular complexity index is 712. The second kappa shape index (κ2) is 6.09. The van der Waals surface area contributed by atoms with Gasteiger partial charge < -0.3 is 15.0 Å². The first-order valence-corrected chi connectivity index (χ1v) is 6.81. The van der Waals surface area contributed by atoms with E-state index in [0.717, 1.165) is 0 Å². The number of hydrogen-bond acceptors (Lipinski definition) is 2. The van der Waals surface area contributed by atoms with Crippen molar-refractivity contribution in [1.29, 1.82) is 0 Å². The zero-order valence-electron chi connectivity index (χ0n) is 11.1. The molecule has 0 saturated heterocycles. The molecule has 0 fully saturated rings. The predicted molar refractivity (Wildman–Crippen MR) is 78.9 cm³/mol. The Morgan fingerprint density at radius 2 is 2.14 bits per heavy atom. The summed E-state index contributed by atoms with van der Waals surface area (Å²) in [7, 11) is 0. The van der Waals surface area contributed by atoms with Gasteiger partial charge >= 0.3 is 5.97 Å². The second-order valence-corrected chi connectivity index (χ2v) is 5.31. The molecule has 1 heterocycles. The second-order valence-electron chi connectivity index (χ2n) is 4.46. The standard InChI is InChI=1S/C14H12BrFN2O3/c1-8-5-9(15)10(16)6-11(8)17-13(19)7-18-4-2-3-12(18)14(20)21/h2-6H,7H2,1H3,(H,17,19)(H,20,21). The average Bonchev–Trinajstić information content (AvgIpc) is 2.84. The highest BCUT2D eigenvalue weighted by molar-refractivity contribution is 9.10. The van der Waals surface area contributed by atoms with Crippen LogP contribution in [0.5, 0.6) is 0 Å². The predicted octanol–water partition coefficient (Wildman–Crippen LogP) is 3.04. The van der Waals surface area contributed by atoms with Gasteiger partial charge in [-0.2, -0.15) is 0 Å². The van der Waals surface area contributed by atoms with E-state index in [9.17, 15) is 14.0 Å². The molecule has 0 aliphatic heterocycles. The summed E-state index contributed by atoms with van der Waals surface area (Å²) in [5, 5.41) is 11.5. The van der Waals surface area contributed by atoms with Crippen LogP contribution in [-0.4, -0.2) is 21.6 Å². The van der Waals surface area contributed by atoms with Gasteiger partial charge in [0.2, 0.25) is 5.91 Å². The average molecular weight is 355 g/mol. The number of halogens is 2. The van der Waals surface area contributed by atoms with E-state index in [1.165, 1.54) is 22.9 Å². The number of aryl methyl sites for hydroxylation is 1. The molecule has 7 heteroatoms. The van der Waals surface area contributed by atoms with Gasteiger partial charge in [-0.1, -0.05) is 0 Å². The van der Waals surface area contributed by atoms with Gasteiger partial charge in [-0.3, -0.25) is 4.79 Å².